The predicted octanol–water partition coefficient (Wildman–Crippen LogP) is 2.34. The SMILES string of the molecule is O=C([O-])c1cc2ccccc2c(N=Nc2cc(S(=O)(=O)O)c3c(S(=O)(=O)O)cccc3c2)c1[O-].[Mn+2]. The molecule has 0 heterocycles. The molecule has 0 atom stereocenters. The number of carbonyl (C=O) groups is 1. The van der Waals surface area contributed by atoms with E-state index >= 15 is 0 Å². The van der Waals surface area contributed by atoms with Crippen molar-refractivity contribution < 1.29 is 58.0 Å². The number of carbonyl (C=O) groups excluding carboxylic acids is 1. The molecule has 0 bridgehead atoms. The van der Waals surface area contributed by atoms with E-state index in [2.05, 4.69) is 10.2 Å². The van der Waals surface area contributed by atoms with Crippen LogP contribution in [0.1, 0.15) is 10.4 Å². The molecule has 0 amide bonds. The predicted molar refractivity (Wildman–Crippen MR) is 115 cm³/mol. The maximum atomic E-state index is 12.6. The van der Waals surface area contributed by atoms with Crippen molar-refractivity contribution >= 4 is 59.1 Å². The molecule has 0 aromatic heterocycles. The number of benzene rings is 4. The van der Waals surface area contributed by atoms with E-state index in [1.165, 1.54) is 24.3 Å². The molecular formula is C21H12MnN2O9S2. The topological polar surface area (TPSA) is 197 Å². The van der Waals surface area contributed by atoms with Gasteiger partial charge >= 0.3 is 17.1 Å². The van der Waals surface area contributed by atoms with Gasteiger partial charge in [-0.25, -0.2) is 0 Å². The fourth-order valence-corrected chi connectivity index (χ4v) is 5.04. The van der Waals surface area contributed by atoms with Crippen molar-refractivity contribution in [1.82, 2.24) is 0 Å². The molecule has 4 rings (SSSR count). The zero-order valence-electron chi connectivity index (χ0n) is 17.1. The van der Waals surface area contributed by atoms with Crippen LogP contribution in [0.5, 0.6) is 5.75 Å². The van der Waals surface area contributed by atoms with Gasteiger partial charge in [-0.1, -0.05) is 42.1 Å². The number of carboxylic acids is 1. The van der Waals surface area contributed by atoms with Crippen LogP contribution in [0.4, 0.5) is 11.4 Å². The van der Waals surface area contributed by atoms with Crippen LogP contribution in [-0.2, 0) is 37.3 Å². The normalized spacial score (nSPS) is 12.2. The Hall–Kier alpha value is -3.39. The smallest absolute Gasteiger partial charge is 0.871 e. The average molecular weight is 555 g/mol. The standard InChI is InChI=1S/C21H14N2O9S2.Mn/c24-20-15(21(25)26)9-11-4-1-2-6-14(11)19(20)23-22-13-8-12-5-3-7-16(33(27,28)29)18(12)17(10-13)34(30,31)32;/h1-10,24H,(H,25,26)(H,27,28,29)(H,30,31,32);/q;+2/p-2. The quantitative estimate of drug-likeness (QED) is 0.211. The number of rotatable bonds is 5. The second-order valence-corrected chi connectivity index (χ2v) is 9.84. The summed E-state index contributed by atoms with van der Waals surface area (Å²) in [7, 11) is -9.86. The molecule has 0 saturated heterocycles. The summed E-state index contributed by atoms with van der Waals surface area (Å²) in [5, 5.41) is 31.8. The Morgan fingerprint density at radius 2 is 1.43 bits per heavy atom. The maximum absolute atomic E-state index is 12.6. The summed E-state index contributed by atoms with van der Waals surface area (Å²) >= 11 is 0. The van der Waals surface area contributed by atoms with Crippen LogP contribution in [0.15, 0.2) is 80.7 Å². The summed E-state index contributed by atoms with van der Waals surface area (Å²) in [6.45, 7) is 0. The Morgan fingerprint density at radius 3 is 2.06 bits per heavy atom. The van der Waals surface area contributed by atoms with Gasteiger partial charge in [-0.15, -0.1) is 0 Å². The van der Waals surface area contributed by atoms with E-state index < -0.39 is 52.7 Å². The molecular weight excluding hydrogens is 543 g/mol. The van der Waals surface area contributed by atoms with E-state index in [1.54, 1.807) is 18.2 Å². The summed E-state index contributed by atoms with van der Waals surface area (Å²) < 4.78 is 66.5. The van der Waals surface area contributed by atoms with Crippen LogP contribution in [0.25, 0.3) is 21.5 Å². The van der Waals surface area contributed by atoms with Crippen LogP contribution in [0.3, 0.4) is 0 Å². The minimum absolute atomic E-state index is 0. The van der Waals surface area contributed by atoms with E-state index in [0.29, 0.717) is 5.39 Å². The molecule has 0 unspecified atom stereocenters. The van der Waals surface area contributed by atoms with Crippen molar-refractivity contribution in [3.63, 3.8) is 0 Å². The van der Waals surface area contributed by atoms with Crippen molar-refractivity contribution in [2.24, 2.45) is 10.2 Å². The number of aromatic carboxylic acids is 1. The van der Waals surface area contributed by atoms with Crippen molar-refractivity contribution in [1.29, 1.82) is 0 Å². The van der Waals surface area contributed by atoms with Gasteiger partial charge < -0.3 is 15.0 Å². The molecule has 179 valence electrons. The van der Waals surface area contributed by atoms with Gasteiger partial charge in [0.1, 0.15) is 9.79 Å². The summed E-state index contributed by atoms with van der Waals surface area (Å²) in [4.78, 5) is 9.73. The third-order valence-electron chi connectivity index (χ3n) is 4.90. The molecule has 4 aromatic rings. The van der Waals surface area contributed by atoms with Gasteiger partial charge in [0.25, 0.3) is 20.2 Å². The van der Waals surface area contributed by atoms with Crippen LogP contribution in [-0.4, -0.2) is 31.9 Å². The minimum Gasteiger partial charge on any atom is -0.871 e. The van der Waals surface area contributed by atoms with E-state index in [9.17, 15) is 40.9 Å². The zero-order valence-corrected chi connectivity index (χ0v) is 19.9. The Balaban J connectivity index is 0.00000342. The minimum atomic E-state index is -5.00. The largest absolute Gasteiger partial charge is 2.00 e. The van der Waals surface area contributed by atoms with Gasteiger partial charge in [0.2, 0.25) is 0 Å². The van der Waals surface area contributed by atoms with Gasteiger partial charge in [-0.3, -0.25) is 9.11 Å². The van der Waals surface area contributed by atoms with Crippen molar-refractivity contribution in [2.75, 3.05) is 0 Å². The third-order valence-corrected chi connectivity index (χ3v) is 6.68. The second-order valence-electron chi connectivity index (χ2n) is 7.06. The van der Waals surface area contributed by atoms with E-state index in [4.69, 9.17) is 0 Å². The molecule has 0 spiro atoms. The van der Waals surface area contributed by atoms with E-state index in [-0.39, 0.29) is 39.2 Å². The maximum Gasteiger partial charge on any atom is 2.00 e. The zero-order chi connectivity index (χ0) is 24.8. The van der Waals surface area contributed by atoms with Gasteiger partial charge in [0, 0.05) is 10.8 Å². The first kappa shape index (κ1) is 26.2. The first-order valence-electron chi connectivity index (χ1n) is 9.25. The van der Waals surface area contributed by atoms with Crippen molar-refractivity contribution in [3.05, 3.63) is 66.2 Å². The number of hydrogen-bond donors (Lipinski definition) is 2. The monoisotopic (exact) mass is 555 g/mol. The van der Waals surface area contributed by atoms with Gasteiger partial charge in [-0.05, 0) is 40.6 Å². The molecule has 11 nitrogen and oxygen atoms in total. The Morgan fingerprint density at radius 1 is 0.800 bits per heavy atom. The second kappa shape index (κ2) is 9.34. The number of carboxylic acid groups (broad SMARTS) is 1. The number of fused-ring (bicyclic) bond motifs is 2. The van der Waals surface area contributed by atoms with Crippen LogP contribution >= 0.6 is 0 Å². The molecule has 0 aliphatic carbocycles. The fraction of sp³-hybridized carbons (Fsp3) is 0. The summed E-state index contributed by atoms with van der Waals surface area (Å²) in [5.41, 5.74) is -1.21. The van der Waals surface area contributed by atoms with Crippen LogP contribution in [0, 0.1) is 0 Å². The molecule has 0 fully saturated rings. The molecule has 0 aliphatic rings. The Bertz CT molecular complexity index is 1750. The molecule has 2 N–H and O–H groups in total. The van der Waals surface area contributed by atoms with Gasteiger partial charge in [0.05, 0.1) is 17.3 Å². The average Bonchev–Trinajstić information content (AvgIpc) is 2.75. The first-order chi connectivity index (χ1) is 15.9. The number of hydrogen-bond acceptors (Lipinski definition) is 9. The van der Waals surface area contributed by atoms with E-state index in [0.717, 1.165) is 18.2 Å². The molecule has 14 heteroatoms. The molecule has 0 aliphatic heterocycles. The Labute approximate surface area is 208 Å². The Kier molecular flexibility index (Phi) is 6.99. The van der Waals surface area contributed by atoms with E-state index in [1.807, 2.05) is 0 Å². The summed E-state index contributed by atoms with van der Waals surface area (Å²) in [6, 6.07) is 12.9. The number of azo groups is 1. The summed E-state index contributed by atoms with van der Waals surface area (Å²) in [5.74, 6) is -2.70. The summed E-state index contributed by atoms with van der Waals surface area (Å²) in [6.07, 6.45) is 0. The first-order valence-corrected chi connectivity index (χ1v) is 12.1. The van der Waals surface area contributed by atoms with Crippen LogP contribution < -0.4 is 10.2 Å². The number of nitrogens with zero attached hydrogens (tertiary/aromatic N) is 2. The molecule has 35 heavy (non-hydrogen) atoms. The van der Waals surface area contributed by atoms with Gasteiger partial charge in [0.15, 0.2) is 0 Å². The third kappa shape index (κ3) is 5.03. The van der Waals surface area contributed by atoms with Crippen molar-refractivity contribution in [3.8, 4) is 5.75 Å². The molecule has 0 saturated carbocycles. The van der Waals surface area contributed by atoms with Crippen LogP contribution in [0.2, 0.25) is 0 Å². The van der Waals surface area contributed by atoms with Crippen molar-refractivity contribution in [2.45, 2.75) is 9.79 Å². The fourth-order valence-electron chi connectivity index (χ4n) is 3.48. The van der Waals surface area contributed by atoms with Gasteiger partial charge in [-0.2, -0.15) is 27.1 Å². The molecule has 1 radical (unpaired) electrons. The molecule has 4 aromatic carbocycles.